The van der Waals surface area contributed by atoms with E-state index in [4.69, 9.17) is 9.47 Å². The Morgan fingerprint density at radius 2 is 0.972 bits per heavy atom. The van der Waals surface area contributed by atoms with Gasteiger partial charge in [0, 0.05) is 0 Å². The highest BCUT2D eigenvalue weighted by Crippen LogP contribution is 2.30. The molecule has 0 fully saturated rings. The fourth-order valence-corrected chi connectivity index (χ4v) is 5.04. The van der Waals surface area contributed by atoms with Crippen molar-refractivity contribution in [3.8, 4) is 28.4 Å². The molecule has 0 radical (unpaired) electrons. The standard InChI is InChI=1S/C31H32O4S/c1-22(2)23-10-18-29(19-11-23)36(32,33)30-20-16-27(17-21-30)34-26-12-6-24(7-13-26)25-8-14-28(15-9-25)35-31(3,4)5/h6-22H,1-5H3. The summed E-state index contributed by atoms with van der Waals surface area (Å²) in [6, 6.07) is 29.4. The van der Waals surface area contributed by atoms with Crippen LogP contribution in [0.2, 0.25) is 0 Å². The molecule has 0 saturated carbocycles. The quantitative estimate of drug-likeness (QED) is 0.256. The van der Waals surface area contributed by atoms with Crippen LogP contribution in [0.3, 0.4) is 0 Å². The summed E-state index contributed by atoms with van der Waals surface area (Å²) in [5, 5.41) is 0. The second-order valence-electron chi connectivity index (χ2n) is 10.1. The van der Waals surface area contributed by atoms with Gasteiger partial charge in [-0.05, 0) is 104 Å². The lowest BCUT2D eigenvalue weighted by Crippen LogP contribution is -2.22. The van der Waals surface area contributed by atoms with Crippen LogP contribution in [0.25, 0.3) is 11.1 Å². The lowest BCUT2D eigenvalue weighted by molar-refractivity contribution is 0.131. The number of hydrogen-bond acceptors (Lipinski definition) is 4. The van der Waals surface area contributed by atoms with Gasteiger partial charge < -0.3 is 9.47 Å². The molecule has 5 heteroatoms. The van der Waals surface area contributed by atoms with Gasteiger partial charge >= 0.3 is 0 Å². The average Bonchev–Trinajstić information content (AvgIpc) is 2.84. The second kappa shape index (κ2) is 10.2. The SMILES string of the molecule is CC(C)c1ccc(S(=O)(=O)c2ccc(Oc3ccc(-c4ccc(OC(C)(C)C)cc4)cc3)cc2)cc1. The average molecular weight is 501 g/mol. The van der Waals surface area contributed by atoms with Crippen molar-refractivity contribution in [3.63, 3.8) is 0 Å². The zero-order valence-corrected chi connectivity index (χ0v) is 22.2. The molecule has 4 rings (SSSR count). The predicted octanol–water partition coefficient (Wildman–Crippen LogP) is 8.28. The van der Waals surface area contributed by atoms with Crippen molar-refractivity contribution < 1.29 is 17.9 Å². The summed E-state index contributed by atoms with van der Waals surface area (Å²) in [7, 11) is -3.59. The minimum atomic E-state index is -3.59. The van der Waals surface area contributed by atoms with Gasteiger partial charge in [-0.25, -0.2) is 8.42 Å². The van der Waals surface area contributed by atoms with E-state index in [-0.39, 0.29) is 15.4 Å². The van der Waals surface area contributed by atoms with Crippen molar-refractivity contribution in [1.82, 2.24) is 0 Å². The first kappa shape index (κ1) is 25.5. The summed E-state index contributed by atoms with van der Waals surface area (Å²) in [6.07, 6.45) is 0. The van der Waals surface area contributed by atoms with Gasteiger partial charge in [-0.1, -0.05) is 50.2 Å². The first-order valence-corrected chi connectivity index (χ1v) is 13.5. The van der Waals surface area contributed by atoms with E-state index in [2.05, 4.69) is 13.8 Å². The lowest BCUT2D eigenvalue weighted by Gasteiger charge is -2.21. The molecule has 0 aliphatic carbocycles. The van der Waals surface area contributed by atoms with E-state index in [0.717, 1.165) is 22.4 Å². The van der Waals surface area contributed by atoms with Gasteiger partial charge in [-0.15, -0.1) is 0 Å². The topological polar surface area (TPSA) is 52.6 Å². The molecule has 0 saturated heterocycles. The van der Waals surface area contributed by atoms with Crippen molar-refractivity contribution in [1.29, 1.82) is 0 Å². The Labute approximate surface area is 214 Å². The summed E-state index contributed by atoms with van der Waals surface area (Å²) in [6.45, 7) is 10.2. The molecule has 36 heavy (non-hydrogen) atoms. The minimum Gasteiger partial charge on any atom is -0.488 e. The third-order valence-electron chi connectivity index (χ3n) is 5.69. The number of hydrogen-bond donors (Lipinski definition) is 0. The van der Waals surface area contributed by atoms with Crippen molar-refractivity contribution in [2.45, 2.75) is 55.9 Å². The fraction of sp³-hybridized carbons (Fsp3) is 0.226. The van der Waals surface area contributed by atoms with Crippen molar-refractivity contribution >= 4 is 9.84 Å². The molecule has 4 aromatic carbocycles. The first-order chi connectivity index (χ1) is 17.0. The Hall–Kier alpha value is -3.57. The van der Waals surface area contributed by atoms with Gasteiger partial charge in [0.25, 0.3) is 0 Å². The van der Waals surface area contributed by atoms with Gasteiger partial charge in [-0.3, -0.25) is 0 Å². The van der Waals surface area contributed by atoms with E-state index in [1.807, 2.05) is 81.4 Å². The molecule has 0 atom stereocenters. The zero-order valence-electron chi connectivity index (χ0n) is 21.4. The number of ether oxygens (including phenoxy) is 2. The van der Waals surface area contributed by atoms with Gasteiger partial charge in [0.05, 0.1) is 9.79 Å². The summed E-state index contributed by atoms with van der Waals surface area (Å²) in [5.74, 6) is 2.43. The van der Waals surface area contributed by atoms with Crippen LogP contribution in [0.1, 0.15) is 46.1 Å². The summed E-state index contributed by atoms with van der Waals surface area (Å²) in [4.78, 5) is 0.524. The molecule has 0 unspecified atom stereocenters. The molecule has 0 bridgehead atoms. The maximum atomic E-state index is 13.0. The van der Waals surface area contributed by atoms with E-state index in [9.17, 15) is 8.42 Å². The molecule has 4 aromatic rings. The lowest BCUT2D eigenvalue weighted by atomic mass is 10.0. The molecule has 0 N–H and O–H groups in total. The molecule has 0 amide bonds. The van der Waals surface area contributed by atoms with E-state index in [0.29, 0.717) is 17.4 Å². The van der Waals surface area contributed by atoms with Crippen LogP contribution in [0.4, 0.5) is 0 Å². The van der Waals surface area contributed by atoms with E-state index >= 15 is 0 Å². The van der Waals surface area contributed by atoms with Gasteiger partial charge in [0.1, 0.15) is 22.8 Å². The Kier molecular flexibility index (Phi) is 7.23. The molecule has 186 valence electrons. The highest BCUT2D eigenvalue weighted by atomic mass is 32.2. The van der Waals surface area contributed by atoms with E-state index < -0.39 is 9.84 Å². The fourth-order valence-electron chi connectivity index (χ4n) is 3.78. The largest absolute Gasteiger partial charge is 0.488 e. The first-order valence-electron chi connectivity index (χ1n) is 12.0. The maximum absolute atomic E-state index is 13.0. The van der Waals surface area contributed by atoms with E-state index in [1.54, 1.807) is 36.4 Å². The van der Waals surface area contributed by atoms with Crippen molar-refractivity contribution in [2.75, 3.05) is 0 Å². The van der Waals surface area contributed by atoms with Crippen LogP contribution in [0, 0.1) is 0 Å². The van der Waals surface area contributed by atoms with Crippen LogP contribution < -0.4 is 9.47 Å². The highest BCUT2D eigenvalue weighted by Gasteiger charge is 2.18. The van der Waals surface area contributed by atoms with Gasteiger partial charge in [0.2, 0.25) is 9.84 Å². The van der Waals surface area contributed by atoms with E-state index in [1.165, 1.54) is 0 Å². The summed E-state index contributed by atoms with van der Waals surface area (Å²) in [5.41, 5.74) is 3.02. The maximum Gasteiger partial charge on any atom is 0.206 e. The Balaban J connectivity index is 1.43. The van der Waals surface area contributed by atoms with Crippen LogP contribution in [-0.2, 0) is 9.84 Å². The molecular weight excluding hydrogens is 468 g/mol. The number of benzene rings is 4. The predicted molar refractivity (Wildman–Crippen MR) is 145 cm³/mol. The van der Waals surface area contributed by atoms with Gasteiger partial charge in [-0.2, -0.15) is 0 Å². The number of sulfone groups is 1. The monoisotopic (exact) mass is 500 g/mol. The molecule has 0 heterocycles. The van der Waals surface area contributed by atoms with Crippen LogP contribution in [0.15, 0.2) is 107 Å². The van der Waals surface area contributed by atoms with Crippen LogP contribution in [-0.4, -0.2) is 14.0 Å². The second-order valence-corrected chi connectivity index (χ2v) is 12.0. The van der Waals surface area contributed by atoms with Crippen molar-refractivity contribution in [2.24, 2.45) is 0 Å². The third-order valence-corrected chi connectivity index (χ3v) is 7.48. The normalized spacial score (nSPS) is 11.9. The summed E-state index contributed by atoms with van der Waals surface area (Å²) >= 11 is 0. The van der Waals surface area contributed by atoms with Crippen LogP contribution >= 0.6 is 0 Å². The highest BCUT2D eigenvalue weighted by molar-refractivity contribution is 7.91. The minimum absolute atomic E-state index is 0.234. The Morgan fingerprint density at radius 1 is 0.583 bits per heavy atom. The number of rotatable bonds is 7. The van der Waals surface area contributed by atoms with Crippen molar-refractivity contribution in [3.05, 3.63) is 103 Å². The Bertz CT molecular complexity index is 1390. The molecule has 0 aliphatic rings. The smallest absolute Gasteiger partial charge is 0.206 e. The third kappa shape index (κ3) is 6.16. The van der Waals surface area contributed by atoms with Crippen LogP contribution in [0.5, 0.6) is 17.2 Å². The molecule has 0 aromatic heterocycles. The summed E-state index contributed by atoms with van der Waals surface area (Å²) < 4.78 is 37.8. The van der Waals surface area contributed by atoms with Gasteiger partial charge in [0.15, 0.2) is 0 Å². The molecule has 0 aliphatic heterocycles. The molecule has 0 spiro atoms. The molecule has 4 nitrogen and oxygen atoms in total. The molecular formula is C31H32O4S. The Morgan fingerprint density at radius 3 is 1.39 bits per heavy atom. The zero-order chi connectivity index (χ0) is 25.9.